The molecule has 0 amide bonds. The van der Waals surface area contributed by atoms with Crippen LogP contribution in [0.15, 0.2) is 0 Å². The molecule has 110 valence electrons. The van der Waals surface area contributed by atoms with Gasteiger partial charge < -0.3 is 14.8 Å². The van der Waals surface area contributed by atoms with Crippen LogP contribution in [0, 0.1) is 17.8 Å². The maximum Gasteiger partial charge on any atom is 0.159 e. The van der Waals surface area contributed by atoms with Gasteiger partial charge in [0.25, 0.3) is 0 Å². The summed E-state index contributed by atoms with van der Waals surface area (Å²) < 4.78 is 11.3. The van der Waals surface area contributed by atoms with Crippen LogP contribution in [0.1, 0.15) is 51.9 Å². The molecule has 1 heterocycles. The Morgan fingerprint density at radius 3 is 2.58 bits per heavy atom. The highest BCUT2D eigenvalue weighted by atomic mass is 16.7. The summed E-state index contributed by atoms with van der Waals surface area (Å²) in [6.07, 6.45) is 9.63. The van der Waals surface area contributed by atoms with Gasteiger partial charge in [-0.25, -0.2) is 0 Å². The van der Waals surface area contributed by atoms with E-state index < -0.39 is 0 Å². The van der Waals surface area contributed by atoms with E-state index in [0.717, 1.165) is 43.9 Å². The van der Waals surface area contributed by atoms with Crippen molar-refractivity contribution >= 4 is 0 Å². The lowest BCUT2D eigenvalue weighted by Crippen LogP contribution is -2.36. The van der Waals surface area contributed by atoms with Crippen LogP contribution in [0.2, 0.25) is 0 Å². The van der Waals surface area contributed by atoms with Gasteiger partial charge in [0, 0.05) is 12.5 Å². The molecule has 4 unspecified atom stereocenters. The van der Waals surface area contributed by atoms with E-state index in [1.54, 1.807) is 0 Å². The fraction of sp³-hybridized carbons (Fsp3) is 1.00. The number of hydrogen-bond donors (Lipinski definition) is 1. The molecule has 4 atom stereocenters. The Labute approximate surface area is 117 Å². The Bertz CT molecular complexity index is 278. The minimum atomic E-state index is 0.0490. The minimum Gasteiger partial charge on any atom is -0.350 e. The topological polar surface area (TPSA) is 30.5 Å². The van der Waals surface area contributed by atoms with Crippen molar-refractivity contribution in [3.8, 4) is 0 Å². The molecule has 2 saturated carbocycles. The molecule has 3 rings (SSSR count). The van der Waals surface area contributed by atoms with Crippen LogP contribution in [-0.4, -0.2) is 32.1 Å². The molecule has 1 N–H and O–H groups in total. The molecule has 1 aliphatic heterocycles. The number of fused-ring (bicyclic) bond motifs is 2. The first-order valence-corrected chi connectivity index (χ1v) is 8.31. The SMILES string of the molecule is CCCNC(CC1OCCO1)CC1CC2CCC1C2. The lowest BCUT2D eigenvalue weighted by atomic mass is 9.83. The van der Waals surface area contributed by atoms with Gasteiger partial charge in [-0.1, -0.05) is 13.3 Å². The Morgan fingerprint density at radius 1 is 1.11 bits per heavy atom. The van der Waals surface area contributed by atoms with E-state index in [0.29, 0.717) is 6.04 Å². The molecule has 0 spiro atoms. The molecule has 1 saturated heterocycles. The molecule has 0 radical (unpaired) electrons. The van der Waals surface area contributed by atoms with Gasteiger partial charge in [0.1, 0.15) is 0 Å². The predicted molar refractivity (Wildman–Crippen MR) is 75.9 cm³/mol. The molecular weight excluding hydrogens is 238 g/mol. The molecule has 2 bridgehead atoms. The van der Waals surface area contributed by atoms with Crippen LogP contribution >= 0.6 is 0 Å². The van der Waals surface area contributed by atoms with Crippen molar-refractivity contribution in [2.45, 2.75) is 64.2 Å². The first kappa shape index (κ1) is 13.8. The summed E-state index contributed by atoms with van der Waals surface area (Å²) in [6, 6.07) is 0.590. The van der Waals surface area contributed by atoms with Gasteiger partial charge in [-0.05, 0) is 56.4 Å². The largest absolute Gasteiger partial charge is 0.350 e. The van der Waals surface area contributed by atoms with Crippen LogP contribution in [0.25, 0.3) is 0 Å². The van der Waals surface area contributed by atoms with Crippen molar-refractivity contribution in [3.05, 3.63) is 0 Å². The molecule has 3 aliphatic rings. The van der Waals surface area contributed by atoms with E-state index in [9.17, 15) is 0 Å². The fourth-order valence-electron chi connectivity index (χ4n) is 4.42. The Hall–Kier alpha value is -0.120. The maximum atomic E-state index is 5.63. The predicted octanol–water partition coefficient (Wildman–Crippen LogP) is 2.94. The molecule has 2 aliphatic carbocycles. The van der Waals surface area contributed by atoms with Crippen LogP contribution in [0.3, 0.4) is 0 Å². The summed E-state index contributed by atoms with van der Waals surface area (Å²) in [5, 5.41) is 3.72. The molecule has 3 heteroatoms. The second kappa shape index (κ2) is 6.55. The third-order valence-corrected chi connectivity index (χ3v) is 5.32. The van der Waals surface area contributed by atoms with E-state index in [-0.39, 0.29) is 6.29 Å². The average molecular weight is 267 g/mol. The second-order valence-electron chi connectivity index (χ2n) is 6.73. The van der Waals surface area contributed by atoms with Crippen LogP contribution in [0.4, 0.5) is 0 Å². The molecule has 0 aromatic carbocycles. The zero-order valence-corrected chi connectivity index (χ0v) is 12.3. The van der Waals surface area contributed by atoms with Crippen molar-refractivity contribution in [1.82, 2.24) is 5.32 Å². The highest BCUT2D eigenvalue weighted by Crippen LogP contribution is 2.50. The van der Waals surface area contributed by atoms with E-state index in [1.807, 2.05) is 0 Å². The number of rotatable bonds is 7. The van der Waals surface area contributed by atoms with Crippen molar-refractivity contribution in [1.29, 1.82) is 0 Å². The Morgan fingerprint density at radius 2 is 1.95 bits per heavy atom. The van der Waals surface area contributed by atoms with Crippen molar-refractivity contribution in [2.24, 2.45) is 17.8 Å². The van der Waals surface area contributed by atoms with E-state index in [2.05, 4.69) is 12.2 Å². The molecule has 0 aromatic heterocycles. The van der Waals surface area contributed by atoms with E-state index in [4.69, 9.17) is 9.47 Å². The van der Waals surface area contributed by atoms with Gasteiger partial charge in [0.05, 0.1) is 13.2 Å². The monoisotopic (exact) mass is 267 g/mol. The Kier molecular flexibility index (Phi) is 4.78. The van der Waals surface area contributed by atoms with Gasteiger partial charge in [-0.2, -0.15) is 0 Å². The van der Waals surface area contributed by atoms with Gasteiger partial charge in [-0.15, -0.1) is 0 Å². The lowest BCUT2D eigenvalue weighted by molar-refractivity contribution is -0.0544. The minimum absolute atomic E-state index is 0.0490. The standard InChI is InChI=1S/C16H29NO2/c1-2-5-17-15(11-16-18-6-7-19-16)10-14-9-12-3-4-13(14)8-12/h12-17H,2-11H2,1H3. The van der Waals surface area contributed by atoms with Gasteiger partial charge in [0.15, 0.2) is 6.29 Å². The summed E-state index contributed by atoms with van der Waals surface area (Å²) in [5.74, 6) is 3.05. The Balaban J connectivity index is 1.49. The highest BCUT2D eigenvalue weighted by molar-refractivity contribution is 4.92. The van der Waals surface area contributed by atoms with Gasteiger partial charge in [-0.3, -0.25) is 0 Å². The fourth-order valence-corrected chi connectivity index (χ4v) is 4.42. The van der Waals surface area contributed by atoms with E-state index >= 15 is 0 Å². The number of hydrogen-bond acceptors (Lipinski definition) is 3. The van der Waals surface area contributed by atoms with Crippen LogP contribution < -0.4 is 5.32 Å². The summed E-state index contributed by atoms with van der Waals surface area (Å²) in [4.78, 5) is 0. The average Bonchev–Trinajstić information content (AvgIpc) is 3.12. The summed E-state index contributed by atoms with van der Waals surface area (Å²) in [6.45, 7) is 4.92. The maximum absolute atomic E-state index is 5.63. The molecule has 19 heavy (non-hydrogen) atoms. The molecule has 3 nitrogen and oxygen atoms in total. The first-order chi connectivity index (χ1) is 9.35. The molecule has 0 aromatic rings. The summed E-state index contributed by atoms with van der Waals surface area (Å²) >= 11 is 0. The first-order valence-electron chi connectivity index (χ1n) is 8.31. The third-order valence-electron chi connectivity index (χ3n) is 5.32. The van der Waals surface area contributed by atoms with Crippen molar-refractivity contribution in [2.75, 3.05) is 19.8 Å². The van der Waals surface area contributed by atoms with Gasteiger partial charge in [0.2, 0.25) is 0 Å². The molecule has 3 fully saturated rings. The van der Waals surface area contributed by atoms with Crippen LogP contribution in [0.5, 0.6) is 0 Å². The third kappa shape index (κ3) is 3.50. The zero-order valence-electron chi connectivity index (χ0n) is 12.3. The quantitative estimate of drug-likeness (QED) is 0.769. The summed E-state index contributed by atoms with van der Waals surface area (Å²) in [5.41, 5.74) is 0. The van der Waals surface area contributed by atoms with Crippen molar-refractivity contribution < 1.29 is 9.47 Å². The van der Waals surface area contributed by atoms with Crippen LogP contribution in [-0.2, 0) is 9.47 Å². The lowest BCUT2D eigenvalue weighted by Gasteiger charge is -2.28. The van der Waals surface area contributed by atoms with E-state index in [1.165, 1.54) is 38.5 Å². The summed E-state index contributed by atoms with van der Waals surface area (Å²) in [7, 11) is 0. The molecular formula is C16H29NO2. The second-order valence-corrected chi connectivity index (χ2v) is 6.73. The number of nitrogens with one attached hydrogen (secondary N) is 1. The van der Waals surface area contributed by atoms with Gasteiger partial charge >= 0.3 is 0 Å². The zero-order chi connectivity index (χ0) is 13.1. The normalized spacial score (nSPS) is 36.2. The highest BCUT2D eigenvalue weighted by Gasteiger charge is 2.40. The smallest absolute Gasteiger partial charge is 0.159 e. The number of ether oxygens (including phenoxy) is 2. The van der Waals surface area contributed by atoms with Crippen molar-refractivity contribution in [3.63, 3.8) is 0 Å².